The summed E-state index contributed by atoms with van der Waals surface area (Å²) in [5, 5.41) is 33.6. The van der Waals surface area contributed by atoms with Gasteiger partial charge in [-0.05, 0) is 121 Å². The van der Waals surface area contributed by atoms with Gasteiger partial charge in [-0.15, -0.1) is 0 Å². The third-order valence-electron chi connectivity index (χ3n) is 17.5. The fraction of sp³-hybridized carbons (Fsp3) is 0.488. The van der Waals surface area contributed by atoms with E-state index in [-0.39, 0.29) is 37.4 Å². The molecule has 2 atom stereocenters. The molecule has 7 aromatic rings. The number of aliphatic hydroxyl groups is 1. The number of aromatic hydroxyl groups is 2. The zero-order valence-electron chi connectivity index (χ0n) is 59.3. The van der Waals surface area contributed by atoms with Crippen molar-refractivity contribution in [1.82, 2.24) is 29.9 Å². The van der Waals surface area contributed by atoms with Gasteiger partial charge in [-0.3, -0.25) is 0 Å². The summed E-state index contributed by atoms with van der Waals surface area (Å²) in [6, 6.07) is 28.9. The van der Waals surface area contributed by atoms with Gasteiger partial charge in [0.15, 0.2) is 34.9 Å². The number of phenolic OH excluding ortho intramolecular Hbond substituents is 2. The number of unbranched alkanes of at least 4 members (excludes halogenated alkanes) is 19. The van der Waals surface area contributed by atoms with Crippen molar-refractivity contribution in [1.29, 1.82) is 0 Å². The second-order valence-corrected chi connectivity index (χ2v) is 26.1. The Kier molecular flexibility index (Phi) is 32.7. The van der Waals surface area contributed by atoms with Crippen molar-refractivity contribution in [3.8, 4) is 79.9 Å². The Morgan fingerprint density at radius 3 is 1.22 bits per heavy atom. The van der Waals surface area contributed by atoms with E-state index in [1.54, 1.807) is 18.2 Å². The van der Waals surface area contributed by atoms with Crippen molar-refractivity contribution in [3.05, 3.63) is 161 Å². The van der Waals surface area contributed by atoms with Gasteiger partial charge in [-0.25, -0.2) is 29.9 Å². The van der Waals surface area contributed by atoms with Gasteiger partial charge in [-0.1, -0.05) is 231 Å². The maximum absolute atomic E-state index is 11.6. The molecule has 0 amide bonds. The molecule has 14 heteroatoms. The number of phenols is 2. The Morgan fingerprint density at radius 2 is 0.802 bits per heavy atom. The highest BCUT2D eigenvalue weighted by Crippen LogP contribution is 2.36. The van der Waals surface area contributed by atoms with Crippen LogP contribution in [0.3, 0.4) is 0 Å². The van der Waals surface area contributed by atoms with Gasteiger partial charge < -0.3 is 39.0 Å². The molecule has 0 saturated carbocycles. The molecule has 2 unspecified atom stereocenters. The molecule has 14 nitrogen and oxygen atoms in total. The lowest BCUT2D eigenvalue weighted by Crippen LogP contribution is -2.28. The highest BCUT2D eigenvalue weighted by Gasteiger charge is 2.21. The normalized spacial score (nSPS) is 12.5. The lowest BCUT2D eigenvalue weighted by Gasteiger charge is -2.19. The average molecular weight is 1310 g/mol. The maximum Gasteiger partial charge on any atom is 0.167 e. The Hall–Kier alpha value is -7.62. The van der Waals surface area contributed by atoms with Gasteiger partial charge >= 0.3 is 0 Å². The van der Waals surface area contributed by atoms with E-state index < -0.39 is 6.10 Å². The summed E-state index contributed by atoms with van der Waals surface area (Å²) in [6.45, 7) is 25.4. The first kappa shape index (κ1) is 75.8. The number of ether oxygens (including phenoxy) is 5. The third kappa shape index (κ3) is 25.4. The first-order valence-corrected chi connectivity index (χ1v) is 35.8. The number of aromatic nitrogens is 6. The second kappa shape index (κ2) is 41.5. The fourth-order valence-electron chi connectivity index (χ4n) is 11.8. The van der Waals surface area contributed by atoms with Crippen LogP contribution in [-0.2, 0) is 14.2 Å². The summed E-state index contributed by atoms with van der Waals surface area (Å²) in [4.78, 5) is 29.4. The molecule has 0 spiro atoms. The summed E-state index contributed by atoms with van der Waals surface area (Å²) in [6.07, 6.45) is 30.9. The number of rotatable bonds is 45. The Balaban J connectivity index is 0.802. The van der Waals surface area contributed by atoms with E-state index in [1.807, 2.05) is 81.5 Å². The van der Waals surface area contributed by atoms with Crippen LogP contribution in [0.4, 0.5) is 0 Å². The van der Waals surface area contributed by atoms with E-state index in [9.17, 15) is 15.3 Å². The maximum atomic E-state index is 11.6. The molecule has 5 aromatic carbocycles. The predicted molar refractivity (Wildman–Crippen MR) is 392 cm³/mol. The minimum atomic E-state index is -0.820. The molecule has 0 aliphatic heterocycles. The largest absolute Gasteiger partial charge is 0.507 e. The van der Waals surface area contributed by atoms with Crippen molar-refractivity contribution >= 4 is 5.57 Å². The molecule has 0 saturated heterocycles. The van der Waals surface area contributed by atoms with Crippen molar-refractivity contribution < 1.29 is 39.0 Å². The predicted octanol–water partition coefficient (Wildman–Crippen LogP) is 20.0. The molecule has 7 rings (SSSR count). The van der Waals surface area contributed by atoms with Gasteiger partial charge in [0, 0.05) is 48.6 Å². The van der Waals surface area contributed by atoms with E-state index in [4.69, 9.17) is 53.6 Å². The number of hydrogen-bond acceptors (Lipinski definition) is 14. The van der Waals surface area contributed by atoms with Crippen LogP contribution < -0.4 is 9.47 Å². The fourth-order valence-corrected chi connectivity index (χ4v) is 11.8. The summed E-state index contributed by atoms with van der Waals surface area (Å²) >= 11 is 0. The number of hydrogen-bond donors (Lipinski definition) is 3. The molecule has 0 bridgehead atoms. The van der Waals surface area contributed by atoms with Gasteiger partial charge in [0.1, 0.15) is 48.4 Å². The molecule has 3 N–H and O–H groups in total. The number of aryl methyl sites for hydroxylation is 6. The number of allylic oxidation sites excluding steroid dienone is 5. The van der Waals surface area contributed by atoms with E-state index in [0.29, 0.717) is 90.4 Å². The Labute approximate surface area is 574 Å². The van der Waals surface area contributed by atoms with E-state index >= 15 is 0 Å². The van der Waals surface area contributed by atoms with Gasteiger partial charge in [-0.2, -0.15) is 0 Å². The van der Waals surface area contributed by atoms with Crippen LogP contribution in [0, 0.1) is 41.5 Å². The standard InChI is InChI=1S/C82H110N6O8/c1-11-14-15-16-17-18-19-22-26-29-32-47-93-56-69(57-96-68-40-45-73(76(91)53-68)81-84-77(65(13-3)38-34-58(4)12-2)83-78(86-81)70-41-35-59(5)49-62(70)8)94-48-33-30-27-24-21-20-23-25-28-31-46-92-54-66(89)55-95-67-39-44-74(75(90)52-67)82-87-79(71-42-36-60(6)50-63(71)9)85-80(88-82)72-43-37-61(7)51-64(72)10/h12,34-45,49-53,66,69,89-91H,2,11,13-33,46-48,54-57H2,1,3-10H3/b58-34-,65-38+. The quantitative estimate of drug-likeness (QED) is 0.0242. The first-order valence-electron chi connectivity index (χ1n) is 35.8. The highest BCUT2D eigenvalue weighted by atomic mass is 16.6. The van der Waals surface area contributed by atoms with Crippen LogP contribution >= 0.6 is 0 Å². The minimum absolute atomic E-state index is 0.0155. The lowest BCUT2D eigenvalue weighted by atomic mass is 10.0. The second-order valence-electron chi connectivity index (χ2n) is 26.1. The van der Waals surface area contributed by atoms with Crippen LogP contribution in [0.5, 0.6) is 23.0 Å². The number of benzene rings is 5. The number of aliphatic hydroxyl groups excluding tert-OH is 1. The number of nitrogens with zero attached hydrogens (tertiary/aromatic N) is 6. The monoisotopic (exact) mass is 1310 g/mol. The Morgan fingerprint density at radius 1 is 0.427 bits per heavy atom. The summed E-state index contributed by atoms with van der Waals surface area (Å²) in [5.41, 5.74) is 12.2. The summed E-state index contributed by atoms with van der Waals surface area (Å²) in [5.74, 6) is 3.81. The molecule has 0 radical (unpaired) electrons. The summed E-state index contributed by atoms with van der Waals surface area (Å²) < 4.78 is 30.8. The lowest BCUT2D eigenvalue weighted by molar-refractivity contribution is -0.0389. The molecule has 96 heavy (non-hydrogen) atoms. The van der Waals surface area contributed by atoms with E-state index in [2.05, 4.69) is 72.4 Å². The van der Waals surface area contributed by atoms with Gasteiger partial charge in [0.2, 0.25) is 0 Å². The zero-order chi connectivity index (χ0) is 68.4. The third-order valence-corrected chi connectivity index (χ3v) is 17.5. The van der Waals surface area contributed by atoms with E-state index in [1.165, 1.54) is 102 Å². The van der Waals surface area contributed by atoms with E-state index in [0.717, 1.165) is 99.7 Å². The van der Waals surface area contributed by atoms with Crippen molar-refractivity contribution in [2.75, 3.05) is 46.2 Å². The van der Waals surface area contributed by atoms with Crippen LogP contribution in [0.15, 0.2) is 121 Å². The SMILES string of the molecule is C=C/C(C)=C\C=C(/CC)c1nc(-c2ccc(C)cc2C)nc(-c2ccc(OCC(COCCCCCCCCCCCCC)OCCCCCCCCCCCCOCC(O)COc3ccc(-c4nc(-c5ccc(C)cc5C)nc(-c5ccc(C)cc5C)n4)c(O)c3)cc2O)n1. The molecule has 0 aliphatic rings. The molecule has 0 fully saturated rings. The van der Waals surface area contributed by atoms with Gasteiger partial charge in [0.25, 0.3) is 0 Å². The zero-order valence-corrected chi connectivity index (χ0v) is 59.3. The minimum Gasteiger partial charge on any atom is -0.507 e. The van der Waals surface area contributed by atoms with Crippen LogP contribution in [0.1, 0.15) is 201 Å². The molecule has 2 heterocycles. The molecule has 2 aromatic heterocycles. The van der Waals surface area contributed by atoms with Crippen molar-refractivity contribution in [2.45, 2.75) is 216 Å². The van der Waals surface area contributed by atoms with Crippen molar-refractivity contribution in [3.63, 3.8) is 0 Å². The topological polar surface area (TPSA) is 184 Å². The van der Waals surface area contributed by atoms with Crippen LogP contribution in [0.2, 0.25) is 0 Å². The van der Waals surface area contributed by atoms with Crippen LogP contribution in [0.25, 0.3) is 62.5 Å². The summed E-state index contributed by atoms with van der Waals surface area (Å²) in [7, 11) is 0. The Bertz CT molecular complexity index is 3510. The smallest absolute Gasteiger partial charge is 0.167 e. The van der Waals surface area contributed by atoms with Gasteiger partial charge in [0.05, 0.1) is 24.3 Å². The molecular formula is C82H110N6O8. The molecular weight excluding hydrogens is 1200 g/mol. The van der Waals surface area contributed by atoms with Crippen LogP contribution in [-0.4, -0.2) is 104 Å². The first-order chi connectivity index (χ1) is 46.6. The molecule has 0 aliphatic carbocycles. The molecule has 516 valence electrons. The highest BCUT2D eigenvalue weighted by molar-refractivity contribution is 5.74. The van der Waals surface area contributed by atoms with Crippen molar-refractivity contribution in [2.24, 2.45) is 0 Å². The average Bonchev–Trinajstić information content (AvgIpc) is 0.796.